The van der Waals surface area contributed by atoms with E-state index in [0.717, 1.165) is 148 Å². The van der Waals surface area contributed by atoms with Crippen molar-refractivity contribution < 1.29 is 28.6 Å². The summed E-state index contributed by atoms with van der Waals surface area (Å²) in [5, 5.41) is 0. The zero-order chi connectivity index (χ0) is 55.7. The topological polar surface area (TPSA) is 78.9 Å². The molecule has 0 amide bonds. The molecular weight excluding hydrogens is 949 g/mol. The van der Waals surface area contributed by atoms with Gasteiger partial charge in [0.15, 0.2) is 6.10 Å². The summed E-state index contributed by atoms with van der Waals surface area (Å²) in [7, 11) is 0. The van der Waals surface area contributed by atoms with Crippen LogP contribution in [0.1, 0.15) is 290 Å². The Morgan fingerprint density at radius 3 is 0.792 bits per heavy atom. The van der Waals surface area contributed by atoms with Gasteiger partial charge in [-0.2, -0.15) is 0 Å². The normalized spacial score (nSPS) is 12.9. The molecule has 0 aromatic rings. The Kier molecular flexibility index (Phi) is 60.8. The van der Waals surface area contributed by atoms with Gasteiger partial charge in [0.1, 0.15) is 13.2 Å². The van der Waals surface area contributed by atoms with Gasteiger partial charge in [-0.3, -0.25) is 14.4 Å². The fourth-order valence-corrected chi connectivity index (χ4v) is 8.70. The molecule has 6 heteroatoms. The third-order valence-electron chi connectivity index (χ3n) is 13.4. The van der Waals surface area contributed by atoms with E-state index >= 15 is 0 Å². The molecule has 0 bridgehead atoms. The fourth-order valence-electron chi connectivity index (χ4n) is 8.70. The van der Waals surface area contributed by atoms with Crippen molar-refractivity contribution in [2.75, 3.05) is 13.2 Å². The molecule has 0 saturated heterocycles. The van der Waals surface area contributed by atoms with E-state index in [2.05, 4.69) is 142 Å². The highest BCUT2D eigenvalue weighted by atomic mass is 16.6. The molecule has 0 N–H and O–H groups in total. The van der Waals surface area contributed by atoms with Gasteiger partial charge in [0, 0.05) is 19.3 Å². The first-order valence-corrected chi connectivity index (χ1v) is 32.0. The predicted octanol–water partition coefficient (Wildman–Crippen LogP) is 22.0. The number of hydrogen-bond acceptors (Lipinski definition) is 6. The second-order valence-corrected chi connectivity index (χ2v) is 20.9. The van der Waals surface area contributed by atoms with Crippen molar-refractivity contribution in [2.24, 2.45) is 0 Å². The summed E-state index contributed by atoms with van der Waals surface area (Å²) in [5.41, 5.74) is 0. The minimum Gasteiger partial charge on any atom is -0.462 e. The molecule has 0 spiro atoms. The van der Waals surface area contributed by atoms with E-state index in [1.54, 1.807) is 0 Å². The van der Waals surface area contributed by atoms with Crippen LogP contribution < -0.4 is 0 Å². The van der Waals surface area contributed by atoms with E-state index in [4.69, 9.17) is 14.2 Å². The third-order valence-corrected chi connectivity index (χ3v) is 13.4. The number of unbranched alkanes of at least 4 members (excludes halogenated alkanes) is 26. The molecule has 77 heavy (non-hydrogen) atoms. The van der Waals surface area contributed by atoms with Crippen molar-refractivity contribution in [3.63, 3.8) is 0 Å². The molecule has 1 unspecified atom stereocenters. The van der Waals surface area contributed by atoms with Gasteiger partial charge in [0.25, 0.3) is 0 Å². The molecule has 6 nitrogen and oxygen atoms in total. The van der Waals surface area contributed by atoms with Crippen LogP contribution in [0.25, 0.3) is 0 Å². The Labute approximate surface area is 475 Å². The average molecular weight is 1070 g/mol. The first-order chi connectivity index (χ1) is 38.0. The van der Waals surface area contributed by atoms with Gasteiger partial charge in [-0.15, -0.1) is 0 Å². The zero-order valence-electron chi connectivity index (χ0n) is 50.2. The van der Waals surface area contributed by atoms with Gasteiger partial charge in [-0.1, -0.05) is 271 Å². The van der Waals surface area contributed by atoms with Crippen LogP contribution in [0.4, 0.5) is 0 Å². The minimum atomic E-state index is -0.793. The average Bonchev–Trinajstić information content (AvgIpc) is 3.43. The van der Waals surface area contributed by atoms with E-state index in [9.17, 15) is 14.4 Å². The lowest BCUT2D eigenvalue weighted by Crippen LogP contribution is -2.30. The van der Waals surface area contributed by atoms with Crippen molar-refractivity contribution in [1.29, 1.82) is 0 Å². The van der Waals surface area contributed by atoms with Gasteiger partial charge in [0.05, 0.1) is 0 Å². The quantitative estimate of drug-likeness (QED) is 0.0261. The first kappa shape index (κ1) is 72.8. The number of allylic oxidation sites excluding steroid dienone is 20. The van der Waals surface area contributed by atoms with Gasteiger partial charge in [0.2, 0.25) is 0 Å². The van der Waals surface area contributed by atoms with Crippen LogP contribution in [0.15, 0.2) is 122 Å². The smallest absolute Gasteiger partial charge is 0.306 e. The molecule has 438 valence electrons. The number of carbonyl (C=O) groups excluding carboxylic acids is 3. The molecule has 0 aliphatic carbocycles. The Balaban J connectivity index is 4.28. The second-order valence-electron chi connectivity index (χ2n) is 20.9. The number of carbonyl (C=O) groups is 3. The van der Waals surface area contributed by atoms with Crippen LogP contribution in [0, 0.1) is 0 Å². The molecule has 0 aliphatic heterocycles. The minimum absolute atomic E-state index is 0.0883. The lowest BCUT2D eigenvalue weighted by molar-refractivity contribution is -0.167. The predicted molar refractivity (Wildman–Crippen MR) is 334 cm³/mol. The summed E-state index contributed by atoms with van der Waals surface area (Å²) in [5.74, 6) is -0.909. The Hall–Kier alpha value is -4.19. The Bertz CT molecular complexity index is 1600. The van der Waals surface area contributed by atoms with Crippen LogP contribution in [0.2, 0.25) is 0 Å². The molecule has 0 saturated carbocycles. The zero-order valence-corrected chi connectivity index (χ0v) is 50.2. The Morgan fingerprint density at radius 2 is 0.506 bits per heavy atom. The second kappa shape index (κ2) is 64.3. The first-order valence-electron chi connectivity index (χ1n) is 32.0. The van der Waals surface area contributed by atoms with Crippen molar-refractivity contribution in [3.05, 3.63) is 122 Å². The number of hydrogen-bond donors (Lipinski definition) is 0. The summed E-state index contributed by atoms with van der Waals surface area (Å²) < 4.78 is 16.9. The lowest BCUT2D eigenvalue weighted by Gasteiger charge is -2.18. The van der Waals surface area contributed by atoms with E-state index in [-0.39, 0.29) is 31.1 Å². The number of ether oxygens (including phenoxy) is 3. The van der Waals surface area contributed by atoms with Crippen LogP contribution >= 0.6 is 0 Å². The number of rotatable bonds is 57. The fraction of sp³-hybridized carbons (Fsp3) is 0.676. The molecule has 0 aliphatic rings. The van der Waals surface area contributed by atoms with E-state index in [1.165, 1.54) is 103 Å². The molecule has 0 fully saturated rings. The van der Waals surface area contributed by atoms with Gasteiger partial charge < -0.3 is 14.2 Å². The highest BCUT2D eigenvalue weighted by Gasteiger charge is 2.19. The summed E-state index contributed by atoms with van der Waals surface area (Å²) >= 11 is 0. The molecule has 0 aromatic heterocycles. The third kappa shape index (κ3) is 62.5. The summed E-state index contributed by atoms with van der Waals surface area (Å²) in [6, 6.07) is 0. The van der Waals surface area contributed by atoms with Crippen LogP contribution in [0.5, 0.6) is 0 Å². The summed E-state index contributed by atoms with van der Waals surface area (Å²) in [6.07, 6.45) is 89.2. The summed E-state index contributed by atoms with van der Waals surface area (Å²) in [6.45, 7) is 6.34. The van der Waals surface area contributed by atoms with Crippen molar-refractivity contribution in [1.82, 2.24) is 0 Å². The van der Waals surface area contributed by atoms with Gasteiger partial charge in [-0.25, -0.2) is 0 Å². The Morgan fingerprint density at radius 1 is 0.273 bits per heavy atom. The SMILES string of the molecule is CC/C=C\C/C=C\C/C=C\C/C=C\C/C=C\CCCCCCCCCCCCCCCC(=O)OCC(COC(=O)CCCCCCC/C=C\C/C=C\CCC)OC(=O)CCCCCCCCC/C=C\C/C=C\C/C=C\CC. The molecular formula is C71H118O6. The van der Waals surface area contributed by atoms with Crippen LogP contribution in [-0.2, 0) is 28.6 Å². The van der Waals surface area contributed by atoms with Gasteiger partial charge >= 0.3 is 17.9 Å². The molecule has 0 radical (unpaired) electrons. The van der Waals surface area contributed by atoms with Gasteiger partial charge in [-0.05, 0) is 122 Å². The summed E-state index contributed by atoms with van der Waals surface area (Å²) in [4.78, 5) is 38.3. The molecule has 1 atom stereocenters. The van der Waals surface area contributed by atoms with E-state index in [0.29, 0.717) is 19.3 Å². The molecule has 0 rings (SSSR count). The maximum Gasteiger partial charge on any atom is 0.306 e. The highest BCUT2D eigenvalue weighted by molar-refractivity contribution is 5.71. The highest BCUT2D eigenvalue weighted by Crippen LogP contribution is 2.16. The van der Waals surface area contributed by atoms with Crippen molar-refractivity contribution in [2.45, 2.75) is 297 Å². The van der Waals surface area contributed by atoms with E-state index in [1.807, 2.05) is 0 Å². The van der Waals surface area contributed by atoms with Crippen molar-refractivity contribution in [3.8, 4) is 0 Å². The lowest BCUT2D eigenvalue weighted by atomic mass is 10.0. The van der Waals surface area contributed by atoms with Crippen LogP contribution in [0.3, 0.4) is 0 Å². The molecule has 0 aromatic carbocycles. The number of esters is 3. The monoisotopic (exact) mass is 1070 g/mol. The largest absolute Gasteiger partial charge is 0.462 e. The maximum atomic E-state index is 12.9. The van der Waals surface area contributed by atoms with Crippen molar-refractivity contribution >= 4 is 17.9 Å². The van der Waals surface area contributed by atoms with Crippen LogP contribution in [-0.4, -0.2) is 37.2 Å². The molecule has 0 heterocycles. The maximum absolute atomic E-state index is 12.9. The standard InChI is InChI=1S/C71H118O6/c1-4-7-10-13-16-19-22-25-27-29-30-31-32-33-34-35-36-37-38-39-40-42-43-46-49-52-55-58-61-64-70(73)76-67-68(66-75-69(72)63-60-57-54-51-48-45-24-21-18-15-12-9-6-3)77-71(74)65-62-59-56-53-50-47-44-41-28-26-23-20-17-14-11-8-5-2/h7-8,10-12,15-17,19-21,24-28,30-31,33-34,68H,4-6,9,13-14,18,22-23,29,32,35-67H2,1-3H3/b10-7-,11-8-,15-12-,19-16-,20-17-,24-21-,27-25-,28-26-,31-30-,34-33-. The van der Waals surface area contributed by atoms with E-state index < -0.39 is 6.10 Å².